The molecule has 0 saturated heterocycles. The fraction of sp³-hybridized carbons (Fsp3) is 0.357. The fourth-order valence-electron chi connectivity index (χ4n) is 2.31. The molecule has 1 aromatic rings. The summed E-state index contributed by atoms with van der Waals surface area (Å²) in [7, 11) is 1.94. The number of para-hydroxylation sites is 1. The van der Waals surface area contributed by atoms with E-state index in [4.69, 9.17) is 12.2 Å². The number of thiocarbonyl (C=S) groups is 1. The van der Waals surface area contributed by atoms with Crippen LogP contribution >= 0.6 is 12.2 Å². The summed E-state index contributed by atoms with van der Waals surface area (Å²) in [6, 6.07) is 8.65. The topological polar surface area (TPSA) is 27.3 Å². The maximum atomic E-state index is 4.76. The predicted octanol–water partition coefficient (Wildman–Crippen LogP) is 2.05. The number of nitrogens with one attached hydrogen (secondary N) is 2. The van der Waals surface area contributed by atoms with Crippen LogP contribution in [0.1, 0.15) is 12.0 Å². The van der Waals surface area contributed by atoms with Crippen LogP contribution in [0.3, 0.4) is 0 Å². The first kappa shape index (κ1) is 12.9. The lowest BCUT2D eigenvalue weighted by molar-refractivity contribution is 0.699. The van der Waals surface area contributed by atoms with E-state index >= 15 is 0 Å². The van der Waals surface area contributed by atoms with Gasteiger partial charge in [-0.2, -0.15) is 0 Å². The Morgan fingerprint density at radius 3 is 3.06 bits per heavy atom. The molecule has 3 nitrogen and oxygen atoms in total. The molecule has 0 saturated carbocycles. The van der Waals surface area contributed by atoms with Gasteiger partial charge in [0.15, 0.2) is 0 Å². The Kier molecular flexibility index (Phi) is 4.59. The van der Waals surface area contributed by atoms with Gasteiger partial charge in [0.05, 0.1) is 12.0 Å². The molecular weight excluding hydrogens is 242 g/mol. The van der Waals surface area contributed by atoms with E-state index in [1.165, 1.54) is 29.6 Å². The van der Waals surface area contributed by atoms with Crippen molar-refractivity contribution in [3.63, 3.8) is 0 Å². The molecule has 0 aromatic heterocycles. The van der Waals surface area contributed by atoms with Gasteiger partial charge in [-0.05, 0) is 24.5 Å². The van der Waals surface area contributed by atoms with Crippen molar-refractivity contribution in [2.75, 3.05) is 25.0 Å². The van der Waals surface area contributed by atoms with Gasteiger partial charge in [-0.1, -0.05) is 30.4 Å². The highest BCUT2D eigenvalue weighted by atomic mass is 32.1. The van der Waals surface area contributed by atoms with Crippen molar-refractivity contribution in [1.82, 2.24) is 10.6 Å². The molecule has 0 fully saturated rings. The van der Waals surface area contributed by atoms with Crippen LogP contribution in [0, 0.1) is 0 Å². The third-order valence-corrected chi connectivity index (χ3v) is 3.35. The number of hydrogen-bond acceptors (Lipinski definition) is 3. The molecule has 1 heterocycles. The van der Waals surface area contributed by atoms with Crippen molar-refractivity contribution >= 4 is 23.4 Å². The standard InChI is InChI=1S/C14H19N3S/c1-15-13(9-16-11-18)10-17-8-4-6-12-5-2-3-7-14(12)17/h2-3,5,7,9,11,15H,4,6,8,10H2,1H3,(H,16,18)/b13-9-. The van der Waals surface area contributed by atoms with E-state index in [-0.39, 0.29) is 0 Å². The van der Waals surface area contributed by atoms with Crippen molar-refractivity contribution in [2.45, 2.75) is 12.8 Å². The molecule has 0 spiro atoms. The zero-order valence-corrected chi connectivity index (χ0v) is 11.5. The van der Waals surface area contributed by atoms with Gasteiger partial charge in [0, 0.05) is 31.2 Å². The summed E-state index contributed by atoms with van der Waals surface area (Å²) in [6.45, 7) is 1.98. The molecule has 0 atom stereocenters. The van der Waals surface area contributed by atoms with Crippen LogP contribution < -0.4 is 15.5 Å². The van der Waals surface area contributed by atoms with E-state index in [2.05, 4.69) is 39.8 Å². The van der Waals surface area contributed by atoms with Crippen molar-refractivity contribution in [3.8, 4) is 0 Å². The highest BCUT2D eigenvalue weighted by Gasteiger charge is 2.16. The molecule has 0 radical (unpaired) electrons. The number of benzene rings is 1. The molecule has 18 heavy (non-hydrogen) atoms. The minimum Gasteiger partial charge on any atom is -0.389 e. The Hall–Kier alpha value is -1.55. The van der Waals surface area contributed by atoms with Crippen molar-refractivity contribution in [1.29, 1.82) is 0 Å². The van der Waals surface area contributed by atoms with E-state index in [1.54, 1.807) is 0 Å². The summed E-state index contributed by atoms with van der Waals surface area (Å²) in [5.74, 6) is 0. The van der Waals surface area contributed by atoms with Gasteiger partial charge in [0.1, 0.15) is 0 Å². The average molecular weight is 261 g/mol. The van der Waals surface area contributed by atoms with Gasteiger partial charge in [0.2, 0.25) is 0 Å². The van der Waals surface area contributed by atoms with Gasteiger partial charge in [-0.3, -0.25) is 0 Å². The van der Waals surface area contributed by atoms with Crippen molar-refractivity contribution in [3.05, 3.63) is 41.7 Å². The number of likely N-dealkylation sites (N-methyl/N-ethyl adjacent to an activating group) is 1. The first-order chi connectivity index (χ1) is 8.85. The minimum absolute atomic E-state index is 0.879. The molecule has 0 amide bonds. The van der Waals surface area contributed by atoms with Gasteiger partial charge in [-0.15, -0.1) is 0 Å². The summed E-state index contributed by atoms with van der Waals surface area (Å²) in [5, 5.41) is 6.16. The minimum atomic E-state index is 0.879. The maximum absolute atomic E-state index is 4.76. The van der Waals surface area contributed by atoms with Crippen LogP contribution in [-0.4, -0.2) is 25.6 Å². The van der Waals surface area contributed by atoms with E-state index in [1.807, 2.05) is 13.2 Å². The fourth-order valence-corrected chi connectivity index (χ4v) is 2.38. The predicted molar refractivity (Wildman–Crippen MR) is 80.9 cm³/mol. The van der Waals surface area contributed by atoms with E-state index in [0.717, 1.165) is 18.8 Å². The third kappa shape index (κ3) is 3.01. The summed E-state index contributed by atoms with van der Waals surface area (Å²) in [6.07, 6.45) is 4.32. The number of aryl methyl sites for hydroxylation is 1. The van der Waals surface area contributed by atoms with Crippen LogP contribution in [0.15, 0.2) is 36.2 Å². The number of fused-ring (bicyclic) bond motifs is 1. The second-order valence-electron chi connectivity index (χ2n) is 4.36. The SMILES string of the molecule is CN/C(=C\NC=S)CN1CCCc2ccccc21. The van der Waals surface area contributed by atoms with Crippen molar-refractivity contribution < 1.29 is 0 Å². The third-order valence-electron chi connectivity index (χ3n) is 3.21. The lowest BCUT2D eigenvalue weighted by atomic mass is 10.0. The van der Waals surface area contributed by atoms with Gasteiger partial charge in [0.25, 0.3) is 0 Å². The molecular formula is C14H19N3S. The second kappa shape index (κ2) is 6.40. The van der Waals surface area contributed by atoms with Crippen LogP contribution in [0.5, 0.6) is 0 Å². The normalized spacial score (nSPS) is 14.9. The Labute approximate surface area is 114 Å². The molecule has 2 N–H and O–H groups in total. The average Bonchev–Trinajstić information content (AvgIpc) is 2.43. The monoisotopic (exact) mass is 261 g/mol. The van der Waals surface area contributed by atoms with Gasteiger partial charge in [-0.25, -0.2) is 0 Å². The Morgan fingerprint density at radius 2 is 2.28 bits per heavy atom. The zero-order valence-electron chi connectivity index (χ0n) is 10.6. The highest BCUT2D eigenvalue weighted by molar-refractivity contribution is 7.78. The molecule has 0 aliphatic carbocycles. The molecule has 96 valence electrons. The second-order valence-corrected chi connectivity index (χ2v) is 4.59. The van der Waals surface area contributed by atoms with E-state index in [9.17, 15) is 0 Å². The van der Waals surface area contributed by atoms with E-state index in [0.29, 0.717) is 0 Å². The maximum Gasteiger partial charge on any atom is 0.0654 e. The van der Waals surface area contributed by atoms with Gasteiger partial charge < -0.3 is 15.5 Å². The van der Waals surface area contributed by atoms with Crippen LogP contribution in [-0.2, 0) is 6.42 Å². The Balaban J connectivity index is 2.13. The molecule has 1 aliphatic rings. The highest BCUT2D eigenvalue weighted by Crippen LogP contribution is 2.26. The lowest BCUT2D eigenvalue weighted by Crippen LogP contribution is -2.34. The molecule has 1 aromatic carbocycles. The zero-order chi connectivity index (χ0) is 12.8. The quantitative estimate of drug-likeness (QED) is 0.793. The summed E-state index contributed by atoms with van der Waals surface area (Å²) in [5.41, 5.74) is 5.45. The summed E-state index contributed by atoms with van der Waals surface area (Å²) < 4.78 is 0. The van der Waals surface area contributed by atoms with Crippen LogP contribution in [0.4, 0.5) is 5.69 Å². The van der Waals surface area contributed by atoms with Crippen molar-refractivity contribution in [2.24, 2.45) is 0 Å². The largest absolute Gasteiger partial charge is 0.389 e. The van der Waals surface area contributed by atoms with Gasteiger partial charge >= 0.3 is 0 Å². The van der Waals surface area contributed by atoms with Crippen LogP contribution in [0.25, 0.3) is 0 Å². The first-order valence-electron chi connectivity index (χ1n) is 6.24. The number of rotatable bonds is 5. The summed E-state index contributed by atoms with van der Waals surface area (Å²) >= 11 is 4.76. The molecule has 4 heteroatoms. The number of nitrogens with zero attached hydrogens (tertiary/aromatic N) is 1. The first-order valence-corrected chi connectivity index (χ1v) is 6.71. The molecule has 2 rings (SSSR count). The smallest absolute Gasteiger partial charge is 0.0654 e. The Bertz CT molecular complexity index is 442. The Morgan fingerprint density at radius 1 is 1.44 bits per heavy atom. The number of hydrogen-bond donors (Lipinski definition) is 2. The number of anilines is 1. The lowest BCUT2D eigenvalue weighted by Gasteiger charge is -2.32. The molecule has 1 aliphatic heterocycles. The van der Waals surface area contributed by atoms with Crippen LogP contribution in [0.2, 0.25) is 0 Å². The van der Waals surface area contributed by atoms with E-state index < -0.39 is 0 Å². The summed E-state index contributed by atoms with van der Waals surface area (Å²) in [4.78, 5) is 2.41. The molecule has 0 bridgehead atoms. The molecule has 0 unspecified atom stereocenters.